The first kappa shape index (κ1) is 16.4. The molecule has 1 aliphatic heterocycles. The van der Waals surface area contributed by atoms with E-state index in [0.717, 1.165) is 25.2 Å². The smallest absolute Gasteiger partial charge is 0.126 e. The zero-order chi connectivity index (χ0) is 15.2. The van der Waals surface area contributed by atoms with Crippen LogP contribution in [0.25, 0.3) is 0 Å². The maximum Gasteiger partial charge on any atom is 0.126 e. The topological polar surface area (TPSA) is 15.3 Å². The molecule has 1 aromatic carbocycles. The first-order valence-electron chi connectivity index (χ1n) is 8.32. The summed E-state index contributed by atoms with van der Waals surface area (Å²) in [6.07, 6.45) is 4.99. The lowest BCUT2D eigenvalue weighted by atomic mass is 9.88. The summed E-state index contributed by atoms with van der Waals surface area (Å²) in [5.41, 5.74) is 2.04. The Morgan fingerprint density at radius 1 is 1.33 bits per heavy atom. The molecule has 1 fully saturated rings. The molecule has 1 N–H and O–H groups in total. The molecule has 2 nitrogen and oxygen atoms in total. The largest absolute Gasteiger partial charge is 0.319 e. The number of rotatable bonds is 5. The summed E-state index contributed by atoms with van der Waals surface area (Å²) in [7, 11) is 2.03. The average Bonchev–Trinajstić information content (AvgIpc) is 2.66. The van der Waals surface area contributed by atoms with Crippen molar-refractivity contribution in [1.29, 1.82) is 0 Å². The van der Waals surface area contributed by atoms with Crippen LogP contribution in [0.15, 0.2) is 18.2 Å². The molecule has 118 valence electrons. The first-order valence-corrected chi connectivity index (χ1v) is 8.32. The molecule has 0 bridgehead atoms. The van der Waals surface area contributed by atoms with Gasteiger partial charge in [-0.1, -0.05) is 25.5 Å². The molecular formula is C18H29FN2. The highest BCUT2D eigenvalue weighted by Crippen LogP contribution is 2.35. The molecule has 0 spiro atoms. The van der Waals surface area contributed by atoms with Crippen LogP contribution in [0, 0.1) is 18.7 Å². The second kappa shape index (κ2) is 7.90. The zero-order valence-electron chi connectivity index (χ0n) is 13.7. The van der Waals surface area contributed by atoms with E-state index in [9.17, 15) is 4.39 Å². The van der Waals surface area contributed by atoms with Crippen LogP contribution < -0.4 is 5.32 Å². The number of hydrogen-bond donors (Lipinski definition) is 1. The fourth-order valence-electron chi connectivity index (χ4n) is 3.67. The molecule has 2 unspecified atom stereocenters. The van der Waals surface area contributed by atoms with Crippen molar-refractivity contribution >= 4 is 0 Å². The van der Waals surface area contributed by atoms with E-state index in [1.165, 1.54) is 31.2 Å². The Morgan fingerprint density at radius 2 is 2.14 bits per heavy atom. The van der Waals surface area contributed by atoms with Gasteiger partial charge in [0.2, 0.25) is 0 Å². The van der Waals surface area contributed by atoms with Crippen LogP contribution >= 0.6 is 0 Å². The summed E-state index contributed by atoms with van der Waals surface area (Å²) in [6.45, 7) is 7.43. The van der Waals surface area contributed by atoms with Crippen LogP contribution in [0.3, 0.4) is 0 Å². The summed E-state index contributed by atoms with van der Waals surface area (Å²) in [6, 6.07) is 6.09. The molecular weight excluding hydrogens is 263 g/mol. The lowest BCUT2D eigenvalue weighted by molar-refractivity contribution is 0.154. The van der Waals surface area contributed by atoms with Gasteiger partial charge in [0.05, 0.1) is 0 Å². The number of nitrogens with one attached hydrogen (secondary N) is 1. The Morgan fingerprint density at radius 3 is 2.81 bits per heavy atom. The van der Waals surface area contributed by atoms with E-state index < -0.39 is 0 Å². The molecule has 1 saturated heterocycles. The Hall–Kier alpha value is -0.930. The molecule has 0 aliphatic carbocycles. The number of halogens is 1. The van der Waals surface area contributed by atoms with Crippen LogP contribution in [0.2, 0.25) is 0 Å². The van der Waals surface area contributed by atoms with Gasteiger partial charge in [-0.25, -0.2) is 4.39 Å². The minimum absolute atomic E-state index is 0.0976. The van der Waals surface area contributed by atoms with E-state index >= 15 is 0 Å². The molecule has 2 rings (SSSR count). The van der Waals surface area contributed by atoms with Gasteiger partial charge in [0.25, 0.3) is 0 Å². The third-order valence-corrected chi connectivity index (χ3v) is 4.61. The maximum atomic E-state index is 13.6. The van der Waals surface area contributed by atoms with Gasteiger partial charge in [0, 0.05) is 6.04 Å². The number of benzene rings is 1. The van der Waals surface area contributed by atoms with Crippen molar-refractivity contribution in [2.24, 2.45) is 5.92 Å². The Bertz CT molecular complexity index is 431. The third kappa shape index (κ3) is 4.04. The molecule has 1 aliphatic rings. The van der Waals surface area contributed by atoms with E-state index in [-0.39, 0.29) is 5.82 Å². The van der Waals surface area contributed by atoms with Crippen molar-refractivity contribution in [3.8, 4) is 0 Å². The predicted octanol–water partition coefficient (Wildman–Crippen LogP) is 3.91. The van der Waals surface area contributed by atoms with Crippen LogP contribution in [-0.4, -0.2) is 31.6 Å². The Labute approximate surface area is 128 Å². The van der Waals surface area contributed by atoms with E-state index in [1.807, 2.05) is 20.0 Å². The van der Waals surface area contributed by atoms with Crippen LogP contribution in [-0.2, 0) is 0 Å². The first-order chi connectivity index (χ1) is 10.2. The SMILES string of the molecule is CCCN1CCCCC(CNC)C1c1ccc(F)c(C)c1. The molecule has 0 radical (unpaired) electrons. The van der Waals surface area contributed by atoms with Crippen molar-refractivity contribution in [1.82, 2.24) is 10.2 Å². The van der Waals surface area contributed by atoms with Crippen molar-refractivity contribution in [3.63, 3.8) is 0 Å². The molecule has 2 atom stereocenters. The zero-order valence-corrected chi connectivity index (χ0v) is 13.7. The molecule has 1 heterocycles. The van der Waals surface area contributed by atoms with Crippen LogP contribution in [0.1, 0.15) is 49.8 Å². The lowest BCUT2D eigenvalue weighted by Gasteiger charge is -2.35. The number of nitrogens with zero attached hydrogens (tertiary/aromatic N) is 1. The fraction of sp³-hybridized carbons (Fsp3) is 0.667. The van der Waals surface area contributed by atoms with Gasteiger partial charge in [0.15, 0.2) is 0 Å². The third-order valence-electron chi connectivity index (χ3n) is 4.61. The van der Waals surface area contributed by atoms with Crippen molar-refractivity contribution in [2.75, 3.05) is 26.7 Å². The molecule has 1 aromatic rings. The second-order valence-corrected chi connectivity index (χ2v) is 6.30. The monoisotopic (exact) mass is 292 g/mol. The van der Waals surface area contributed by atoms with E-state index in [1.54, 1.807) is 6.07 Å². The van der Waals surface area contributed by atoms with E-state index in [0.29, 0.717) is 12.0 Å². The molecule has 0 amide bonds. The van der Waals surface area contributed by atoms with Gasteiger partial charge in [-0.15, -0.1) is 0 Å². The summed E-state index contributed by atoms with van der Waals surface area (Å²) in [5.74, 6) is 0.508. The van der Waals surface area contributed by atoms with E-state index in [2.05, 4.69) is 23.2 Å². The van der Waals surface area contributed by atoms with Gasteiger partial charge in [-0.3, -0.25) is 4.90 Å². The van der Waals surface area contributed by atoms with Crippen LogP contribution in [0.5, 0.6) is 0 Å². The van der Waals surface area contributed by atoms with Gasteiger partial charge in [-0.2, -0.15) is 0 Å². The quantitative estimate of drug-likeness (QED) is 0.885. The van der Waals surface area contributed by atoms with Crippen molar-refractivity contribution in [2.45, 2.75) is 45.6 Å². The van der Waals surface area contributed by atoms with E-state index in [4.69, 9.17) is 0 Å². The average molecular weight is 292 g/mol. The van der Waals surface area contributed by atoms with Gasteiger partial charge in [0.1, 0.15) is 5.82 Å². The number of hydrogen-bond acceptors (Lipinski definition) is 2. The summed E-state index contributed by atoms with van der Waals surface area (Å²) >= 11 is 0. The minimum atomic E-state index is -0.0976. The second-order valence-electron chi connectivity index (χ2n) is 6.30. The fourth-order valence-corrected chi connectivity index (χ4v) is 3.67. The molecule has 0 aromatic heterocycles. The standard InChI is InChI=1S/C18H29FN2/c1-4-10-21-11-6-5-7-16(13-20-3)18(21)15-8-9-17(19)14(2)12-15/h8-9,12,16,18,20H,4-7,10-11,13H2,1-3H3. The summed E-state index contributed by atoms with van der Waals surface area (Å²) < 4.78 is 13.6. The minimum Gasteiger partial charge on any atom is -0.319 e. The van der Waals surface area contributed by atoms with Gasteiger partial charge < -0.3 is 5.32 Å². The normalized spacial score (nSPS) is 24.0. The maximum absolute atomic E-state index is 13.6. The van der Waals surface area contributed by atoms with Crippen LogP contribution in [0.4, 0.5) is 4.39 Å². The van der Waals surface area contributed by atoms with Crippen molar-refractivity contribution in [3.05, 3.63) is 35.1 Å². The number of aryl methyl sites for hydroxylation is 1. The molecule has 21 heavy (non-hydrogen) atoms. The predicted molar refractivity (Wildman–Crippen MR) is 87.0 cm³/mol. The van der Waals surface area contributed by atoms with Gasteiger partial charge in [-0.05, 0) is 76.0 Å². The lowest BCUT2D eigenvalue weighted by Crippen LogP contribution is -2.37. The molecule has 0 saturated carbocycles. The Kier molecular flexibility index (Phi) is 6.19. The highest BCUT2D eigenvalue weighted by molar-refractivity contribution is 5.27. The highest BCUT2D eigenvalue weighted by Gasteiger charge is 2.30. The molecule has 3 heteroatoms. The number of likely N-dealkylation sites (tertiary alicyclic amines) is 1. The summed E-state index contributed by atoms with van der Waals surface area (Å²) in [5, 5.41) is 3.35. The van der Waals surface area contributed by atoms with Gasteiger partial charge >= 0.3 is 0 Å². The summed E-state index contributed by atoms with van der Waals surface area (Å²) in [4.78, 5) is 2.61. The highest BCUT2D eigenvalue weighted by atomic mass is 19.1. The Balaban J connectivity index is 2.34. The van der Waals surface area contributed by atoms with Crippen molar-refractivity contribution < 1.29 is 4.39 Å².